The molecule has 2 aromatic carbocycles. The first-order chi connectivity index (χ1) is 23.7. The summed E-state index contributed by atoms with van der Waals surface area (Å²) in [6.07, 6.45) is 6.80. The minimum atomic E-state index is -0.942. The zero-order chi connectivity index (χ0) is 34.6. The van der Waals surface area contributed by atoms with Gasteiger partial charge in [0, 0.05) is 51.1 Å². The molecular weight excluding hydrogens is 626 g/mol. The number of hydrogen-bond donors (Lipinski definition) is 3. The summed E-state index contributed by atoms with van der Waals surface area (Å²) in [6, 6.07) is 14.7. The molecule has 0 saturated heterocycles. The fourth-order valence-corrected chi connectivity index (χ4v) is 5.40. The summed E-state index contributed by atoms with van der Waals surface area (Å²) in [7, 11) is 0. The van der Waals surface area contributed by atoms with Crippen LogP contribution in [0.25, 0.3) is 0 Å². The number of benzene rings is 2. The predicted octanol–water partition coefficient (Wildman–Crippen LogP) is 1.37. The normalized spacial score (nSPS) is 18.5. The Morgan fingerprint density at radius 3 is 2.59 bits per heavy atom. The van der Waals surface area contributed by atoms with Gasteiger partial charge in [0.25, 0.3) is 5.91 Å². The molecule has 0 radical (unpaired) electrons. The maximum absolute atomic E-state index is 13.6. The first kappa shape index (κ1) is 34.7. The quantitative estimate of drug-likeness (QED) is 0.291. The van der Waals surface area contributed by atoms with Crippen molar-refractivity contribution in [1.82, 2.24) is 45.8 Å². The lowest BCUT2D eigenvalue weighted by atomic mass is 10.0. The summed E-state index contributed by atoms with van der Waals surface area (Å²) in [6.45, 7) is 4.97. The maximum atomic E-state index is 13.6. The van der Waals surface area contributed by atoms with Gasteiger partial charge in [-0.2, -0.15) is 0 Å². The SMILES string of the molecule is CC(C)[C@H]1NC(=O)Cc2cccc(c2)OCCn2cc(nn2)CCN(C(=O)c2cnccn2)CCNC(=O)[C@H](Cc2ccccc2)NC1=O. The Kier molecular flexibility index (Phi) is 12.0. The summed E-state index contributed by atoms with van der Waals surface area (Å²) >= 11 is 0. The van der Waals surface area contributed by atoms with Crippen LogP contribution in [0.1, 0.15) is 41.2 Å². The second kappa shape index (κ2) is 16.9. The Bertz CT molecular complexity index is 1710. The van der Waals surface area contributed by atoms with E-state index in [4.69, 9.17) is 4.74 Å². The molecule has 4 bridgehead atoms. The Hall–Kier alpha value is -5.66. The highest BCUT2D eigenvalue weighted by atomic mass is 16.5. The second-order valence-corrected chi connectivity index (χ2v) is 12.1. The van der Waals surface area contributed by atoms with Crippen molar-refractivity contribution in [3.05, 3.63) is 102 Å². The van der Waals surface area contributed by atoms with Crippen molar-refractivity contribution >= 4 is 23.6 Å². The van der Waals surface area contributed by atoms with Gasteiger partial charge >= 0.3 is 0 Å². The number of nitrogens with one attached hydrogen (secondary N) is 3. The Labute approximate surface area is 284 Å². The molecule has 14 nitrogen and oxygen atoms in total. The van der Waals surface area contributed by atoms with E-state index in [1.165, 1.54) is 18.6 Å². The smallest absolute Gasteiger partial charge is 0.274 e. The molecule has 0 fully saturated rings. The molecule has 1 aliphatic heterocycles. The standard InChI is InChI=1S/C35H41N9O5/c1-24(2)32-34(47)39-29(20-25-7-4-3-5-8-25)33(46)38-14-16-43(35(48)30-22-36-12-13-37-30)15-11-27-23-44(42-41-27)17-18-49-28-10-6-9-26(19-28)21-31(45)40-32/h3-10,12-13,19,22-24,29,32H,11,14-18,20-21H2,1-2H3,(H,38,46)(H,39,47)(H,40,45)/t29-,32+/m0/s1. The number of hydrogen-bond acceptors (Lipinski definition) is 9. The summed E-state index contributed by atoms with van der Waals surface area (Å²) in [4.78, 5) is 63.6. The third-order valence-corrected chi connectivity index (χ3v) is 8.01. The van der Waals surface area contributed by atoms with E-state index in [0.717, 1.165) is 11.1 Å². The molecule has 4 aromatic rings. The van der Waals surface area contributed by atoms with Gasteiger partial charge in [-0.1, -0.05) is 61.5 Å². The highest BCUT2D eigenvalue weighted by Crippen LogP contribution is 2.15. The number of amides is 4. The number of fused-ring (bicyclic) bond motifs is 4. The van der Waals surface area contributed by atoms with Gasteiger partial charge in [-0.05, 0) is 29.2 Å². The van der Waals surface area contributed by atoms with Gasteiger partial charge in [-0.15, -0.1) is 5.10 Å². The van der Waals surface area contributed by atoms with Gasteiger partial charge in [0.1, 0.15) is 30.1 Å². The summed E-state index contributed by atoms with van der Waals surface area (Å²) in [5, 5.41) is 17.1. The molecule has 5 rings (SSSR count). The zero-order valence-corrected chi connectivity index (χ0v) is 27.6. The maximum Gasteiger partial charge on any atom is 0.274 e. The van der Waals surface area contributed by atoms with Gasteiger partial charge in [0.05, 0.1) is 24.9 Å². The molecule has 4 amide bonds. The number of rotatable bonds is 4. The summed E-state index contributed by atoms with van der Waals surface area (Å²) in [5.41, 5.74) is 2.42. The van der Waals surface area contributed by atoms with Crippen molar-refractivity contribution < 1.29 is 23.9 Å². The number of nitrogens with zero attached hydrogens (tertiary/aromatic N) is 6. The minimum absolute atomic E-state index is 0.0395. The van der Waals surface area contributed by atoms with E-state index in [1.807, 2.05) is 50.2 Å². The molecular formula is C35H41N9O5. The third kappa shape index (κ3) is 10.2. The Balaban J connectivity index is 1.39. The molecule has 2 atom stereocenters. The lowest BCUT2D eigenvalue weighted by Gasteiger charge is -2.26. The van der Waals surface area contributed by atoms with Crippen molar-refractivity contribution in [3.63, 3.8) is 0 Å². The molecule has 14 heteroatoms. The van der Waals surface area contributed by atoms with Crippen molar-refractivity contribution in [3.8, 4) is 5.75 Å². The molecule has 49 heavy (non-hydrogen) atoms. The van der Waals surface area contributed by atoms with Crippen LogP contribution in [-0.4, -0.2) is 91.8 Å². The fraction of sp³-hybridized carbons (Fsp3) is 0.371. The zero-order valence-electron chi connectivity index (χ0n) is 27.6. The van der Waals surface area contributed by atoms with E-state index in [9.17, 15) is 19.2 Å². The number of carbonyl (C=O) groups is 4. The van der Waals surface area contributed by atoms with Crippen LogP contribution in [0.2, 0.25) is 0 Å². The van der Waals surface area contributed by atoms with Gasteiger partial charge < -0.3 is 25.6 Å². The lowest BCUT2D eigenvalue weighted by molar-refractivity contribution is -0.132. The lowest BCUT2D eigenvalue weighted by Crippen LogP contribution is -2.56. The number of aromatic nitrogens is 5. The van der Waals surface area contributed by atoms with Crippen LogP contribution in [0.4, 0.5) is 0 Å². The van der Waals surface area contributed by atoms with E-state index in [0.29, 0.717) is 31.0 Å². The molecule has 1 aliphatic rings. The average molecular weight is 668 g/mol. The highest BCUT2D eigenvalue weighted by molar-refractivity contribution is 5.93. The van der Waals surface area contributed by atoms with Crippen LogP contribution in [0.5, 0.6) is 5.75 Å². The molecule has 3 heterocycles. The van der Waals surface area contributed by atoms with Crippen molar-refractivity contribution in [2.75, 3.05) is 26.2 Å². The molecule has 2 aromatic heterocycles. The second-order valence-electron chi connectivity index (χ2n) is 12.1. The number of carbonyl (C=O) groups excluding carboxylic acids is 4. The Morgan fingerprint density at radius 2 is 1.82 bits per heavy atom. The predicted molar refractivity (Wildman–Crippen MR) is 179 cm³/mol. The van der Waals surface area contributed by atoms with E-state index in [2.05, 4.69) is 36.2 Å². The number of ether oxygens (including phenoxy) is 1. The molecule has 0 saturated carbocycles. The van der Waals surface area contributed by atoms with Gasteiger partial charge in [-0.3, -0.25) is 24.2 Å². The van der Waals surface area contributed by atoms with Crippen LogP contribution < -0.4 is 20.7 Å². The first-order valence-electron chi connectivity index (χ1n) is 16.3. The first-order valence-corrected chi connectivity index (χ1v) is 16.3. The molecule has 0 aliphatic carbocycles. The monoisotopic (exact) mass is 667 g/mol. The minimum Gasteiger partial charge on any atom is -0.492 e. The summed E-state index contributed by atoms with van der Waals surface area (Å²) < 4.78 is 7.60. The summed E-state index contributed by atoms with van der Waals surface area (Å²) in [5.74, 6) is -1.24. The van der Waals surface area contributed by atoms with Crippen LogP contribution in [0.3, 0.4) is 0 Å². The van der Waals surface area contributed by atoms with Crippen molar-refractivity contribution in [2.24, 2.45) is 5.92 Å². The van der Waals surface area contributed by atoms with E-state index in [-0.39, 0.29) is 55.9 Å². The average Bonchev–Trinajstić information content (AvgIpc) is 3.56. The van der Waals surface area contributed by atoms with Crippen molar-refractivity contribution in [1.29, 1.82) is 0 Å². The van der Waals surface area contributed by atoms with E-state index < -0.39 is 23.9 Å². The van der Waals surface area contributed by atoms with Crippen molar-refractivity contribution in [2.45, 2.75) is 51.7 Å². The van der Waals surface area contributed by atoms with Crippen LogP contribution in [0, 0.1) is 5.92 Å². The van der Waals surface area contributed by atoms with E-state index in [1.54, 1.807) is 34.0 Å². The van der Waals surface area contributed by atoms with E-state index >= 15 is 0 Å². The largest absolute Gasteiger partial charge is 0.492 e. The molecule has 0 unspecified atom stereocenters. The van der Waals surface area contributed by atoms with Crippen LogP contribution in [0.15, 0.2) is 79.4 Å². The van der Waals surface area contributed by atoms with Gasteiger partial charge in [0.15, 0.2) is 0 Å². The molecule has 256 valence electrons. The van der Waals surface area contributed by atoms with Crippen LogP contribution >= 0.6 is 0 Å². The third-order valence-electron chi connectivity index (χ3n) is 8.01. The molecule has 3 N–H and O–H groups in total. The van der Waals surface area contributed by atoms with Gasteiger partial charge in [-0.25, -0.2) is 9.67 Å². The topological polar surface area (TPSA) is 173 Å². The molecule has 0 spiro atoms. The highest BCUT2D eigenvalue weighted by Gasteiger charge is 2.29. The van der Waals surface area contributed by atoms with Gasteiger partial charge in [0.2, 0.25) is 17.7 Å². The fourth-order valence-electron chi connectivity index (χ4n) is 5.40. The van der Waals surface area contributed by atoms with Crippen LogP contribution in [-0.2, 0) is 40.2 Å². The Morgan fingerprint density at radius 1 is 0.980 bits per heavy atom.